The molecule has 0 aromatic carbocycles. The summed E-state index contributed by atoms with van der Waals surface area (Å²) in [6, 6.07) is 0. The summed E-state index contributed by atoms with van der Waals surface area (Å²) in [6.07, 6.45) is 4.27. The molecule has 0 atom stereocenters. The summed E-state index contributed by atoms with van der Waals surface area (Å²) in [5.74, 6) is 0.699. The average molecular weight is 182 g/mol. The maximum Gasteiger partial charge on any atom is 0.207 e. The van der Waals surface area contributed by atoms with Gasteiger partial charge in [-0.1, -0.05) is 13.8 Å². The Morgan fingerprint density at radius 2 is 1.92 bits per heavy atom. The number of likely N-dealkylation sites (tertiary alicyclic amines) is 1. The Labute approximate surface area is 80.3 Å². The molecule has 1 aliphatic heterocycles. The van der Waals surface area contributed by atoms with E-state index in [1.165, 1.54) is 12.8 Å². The van der Waals surface area contributed by atoms with Gasteiger partial charge in [0.2, 0.25) is 5.96 Å². The van der Waals surface area contributed by atoms with Crippen molar-refractivity contribution in [2.75, 3.05) is 20.1 Å². The molecule has 1 N–H and O–H groups in total. The number of nitrogens with zero attached hydrogens (tertiary/aromatic N) is 3. The first-order chi connectivity index (χ1) is 6.38. The van der Waals surface area contributed by atoms with Crippen LogP contribution >= 0.6 is 0 Å². The minimum absolute atomic E-state index is 0.699. The van der Waals surface area contributed by atoms with Gasteiger partial charge in [0.15, 0.2) is 6.19 Å². The Morgan fingerprint density at radius 1 is 1.38 bits per heavy atom. The Kier molecular flexibility index (Phi) is 6.70. The second-order valence-corrected chi connectivity index (χ2v) is 2.48. The van der Waals surface area contributed by atoms with E-state index >= 15 is 0 Å². The van der Waals surface area contributed by atoms with Crippen molar-refractivity contribution in [1.29, 1.82) is 5.26 Å². The Bertz CT molecular complexity index is 186. The lowest BCUT2D eigenvalue weighted by Crippen LogP contribution is -2.36. The van der Waals surface area contributed by atoms with E-state index in [0.29, 0.717) is 5.96 Å². The van der Waals surface area contributed by atoms with Gasteiger partial charge < -0.3 is 4.90 Å². The number of hydrogen-bond donors (Lipinski definition) is 1. The molecule has 0 aliphatic carbocycles. The van der Waals surface area contributed by atoms with Gasteiger partial charge in [-0.3, -0.25) is 10.3 Å². The van der Waals surface area contributed by atoms with E-state index in [0.717, 1.165) is 13.1 Å². The van der Waals surface area contributed by atoms with Gasteiger partial charge in [-0.15, -0.1) is 0 Å². The van der Waals surface area contributed by atoms with Crippen LogP contribution in [0.15, 0.2) is 4.99 Å². The summed E-state index contributed by atoms with van der Waals surface area (Å²) in [5, 5.41) is 10.9. The molecule has 0 aromatic rings. The lowest BCUT2D eigenvalue weighted by Gasteiger charge is -2.16. The first kappa shape index (κ1) is 11.8. The normalized spacial score (nSPS) is 15.8. The number of guanidine groups is 1. The summed E-state index contributed by atoms with van der Waals surface area (Å²) >= 11 is 0. The summed E-state index contributed by atoms with van der Waals surface area (Å²) in [5.41, 5.74) is 0. The van der Waals surface area contributed by atoms with Crippen LogP contribution in [-0.2, 0) is 0 Å². The van der Waals surface area contributed by atoms with Gasteiger partial charge in [0.05, 0.1) is 0 Å². The molecule has 0 spiro atoms. The molecule has 0 radical (unpaired) electrons. The van der Waals surface area contributed by atoms with Crippen LogP contribution in [0.5, 0.6) is 0 Å². The molecule has 0 amide bonds. The monoisotopic (exact) mass is 182 g/mol. The molecule has 0 bridgehead atoms. The summed E-state index contributed by atoms with van der Waals surface area (Å²) in [4.78, 5) is 6.06. The Hall–Kier alpha value is -1.24. The van der Waals surface area contributed by atoms with Crippen molar-refractivity contribution in [1.82, 2.24) is 10.2 Å². The summed E-state index contributed by atoms with van der Waals surface area (Å²) in [7, 11) is 1.69. The number of aliphatic imine (C=N–C) groups is 1. The van der Waals surface area contributed by atoms with Crippen LogP contribution in [0.2, 0.25) is 0 Å². The molecule has 1 saturated heterocycles. The maximum absolute atomic E-state index is 8.36. The van der Waals surface area contributed by atoms with E-state index < -0.39 is 0 Å². The molecule has 1 heterocycles. The third-order valence-electron chi connectivity index (χ3n) is 1.79. The average Bonchev–Trinajstić information content (AvgIpc) is 2.70. The van der Waals surface area contributed by atoms with E-state index in [4.69, 9.17) is 5.26 Å². The Balaban J connectivity index is 0.000000671. The van der Waals surface area contributed by atoms with Crippen LogP contribution in [0.3, 0.4) is 0 Å². The highest BCUT2D eigenvalue weighted by atomic mass is 15.3. The quantitative estimate of drug-likeness (QED) is 0.265. The van der Waals surface area contributed by atoms with E-state index in [9.17, 15) is 0 Å². The van der Waals surface area contributed by atoms with Crippen molar-refractivity contribution in [2.45, 2.75) is 26.7 Å². The lowest BCUT2D eigenvalue weighted by atomic mass is 10.4. The molecule has 74 valence electrons. The second-order valence-electron chi connectivity index (χ2n) is 2.48. The first-order valence-electron chi connectivity index (χ1n) is 4.75. The molecule has 4 nitrogen and oxygen atoms in total. The number of nitriles is 1. The molecular weight excluding hydrogens is 164 g/mol. The highest BCUT2D eigenvalue weighted by Gasteiger charge is 2.14. The van der Waals surface area contributed by atoms with Crippen molar-refractivity contribution >= 4 is 5.96 Å². The van der Waals surface area contributed by atoms with E-state index in [2.05, 4.69) is 15.2 Å². The molecular formula is C9H18N4. The minimum Gasteiger partial charge on any atom is -0.342 e. The Morgan fingerprint density at radius 3 is 2.31 bits per heavy atom. The van der Waals surface area contributed by atoms with Gasteiger partial charge in [-0.25, -0.2) is 0 Å². The number of nitrogens with one attached hydrogen (secondary N) is 1. The molecule has 0 unspecified atom stereocenters. The number of rotatable bonds is 0. The zero-order valence-electron chi connectivity index (χ0n) is 8.67. The van der Waals surface area contributed by atoms with Crippen molar-refractivity contribution in [3.63, 3.8) is 0 Å². The van der Waals surface area contributed by atoms with Gasteiger partial charge in [0, 0.05) is 20.1 Å². The zero-order valence-corrected chi connectivity index (χ0v) is 8.67. The largest absolute Gasteiger partial charge is 0.342 e. The van der Waals surface area contributed by atoms with E-state index in [1.807, 2.05) is 20.0 Å². The van der Waals surface area contributed by atoms with Gasteiger partial charge in [0.25, 0.3) is 0 Å². The molecule has 1 aliphatic rings. The molecule has 1 rings (SSSR count). The SMILES string of the molecule is CC.CN=C(NC#N)N1CCCC1. The fraction of sp³-hybridized carbons (Fsp3) is 0.778. The molecule has 1 fully saturated rings. The fourth-order valence-corrected chi connectivity index (χ4v) is 1.26. The maximum atomic E-state index is 8.36. The van der Waals surface area contributed by atoms with Crippen LogP contribution < -0.4 is 5.32 Å². The van der Waals surface area contributed by atoms with Crippen molar-refractivity contribution in [3.05, 3.63) is 0 Å². The predicted molar refractivity (Wildman–Crippen MR) is 54.3 cm³/mol. The van der Waals surface area contributed by atoms with E-state index in [-0.39, 0.29) is 0 Å². The van der Waals surface area contributed by atoms with Crippen LogP contribution in [0.25, 0.3) is 0 Å². The molecule has 4 heteroatoms. The summed E-state index contributed by atoms with van der Waals surface area (Å²) < 4.78 is 0. The standard InChI is InChI=1S/C7H12N4.C2H6/c1-9-7(10-6-8)11-4-2-3-5-11;1-2/h2-5H2,1H3,(H,9,10);1-2H3. The lowest BCUT2D eigenvalue weighted by molar-refractivity contribution is 0.504. The topological polar surface area (TPSA) is 51.4 Å². The third kappa shape index (κ3) is 3.79. The van der Waals surface area contributed by atoms with Crippen LogP contribution in [0.1, 0.15) is 26.7 Å². The number of hydrogen-bond acceptors (Lipinski definition) is 2. The predicted octanol–water partition coefficient (Wildman–Crippen LogP) is 1.16. The third-order valence-corrected chi connectivity index (χ3v) is 1.79. The smallest absolute Gasteiger partial charge is 0.207 e. The highest BCUT2D eigenvalue weighted by Crippen LogP contribution is 2.06. The zero-order chi connectivity index (χ0) is 10.1. The van der Waals surface area contributed by atoms with Crippen molar-refractivity contribution in [3.8, 4) is 6.19 Å². The second kappa shape index (κ2) is 7.41. The highest BCUT2D eigenvalue weighted by molar-refractivity contribution is 5.81. The van der Waals surface area contributed by atoms with Gasteiger partial charge in [0.1, 0.15) is 0 Å². The van der Waals surface area contributed by atoms with Crippen LogP contribution in [0.4, 0.5) is 0 Å². The molecule has 13 heavy (non-hydrogen) atoms. The van der Waals surface area contributed by atoms with Crippen molar-refractivity contribution in [2.24, 2.45) is 4.99 Å². The van der Waals surface area contributed by atoms with E-state index in [1.54, 1.807) is 7.05 Å². The molecule has 0 saturated carbocycles. The van der Waals surface area contributed by atoms with Gasteiger partial charge >= 0.3 is 0 Å². The first-order valence-corrected chi connectivity index (χ1v) is 4.75. The van der Waals surface area contributed by atoms with Crippen molar-refractivity contribution < 1.29 is 0 Å². The van der Waals surface area contributed by atoms with Gasteiger partial charge in [-0.05, 0) is 12.8 Å². The molecule has 0 aromatic heterocycles. The van der Waals surface area contributed by atoms with Crippen LogP contribution in [-0.4, -0.2) is 31.0 Å². The minimum atomic E-state index is 0.699. The summed E-state index contributed by atoms with van der Waals surface area (Å²) in [6.45, 7) is 6.03. The van der Waals surface area contributed by atoms with Crippen LogP contribution in [0, 0.1) is 11.5 Å². The van der Waals surface area contributed by atoms with Gasteiger partial charge in [-0.2, -0.15) is 5.26 Å². The fourth-order valence-electron chi connectivity index (χ4n) is 1.26.